The minimum atomic E-state index is -5.39. The van der Waals surface area contributed by atoms with Gasteiger partial charge in [0.1, 0.15) is 24.4 Å². The molecule has 0 N–H and O–H groups in total. The van der Waals surface area contributed by atoms with Gasteiger partial charge in [-0.1, -0.05) is 279 Å². The van der Waals surface area contributed by atoms with E-state index in [4.69, 9.17) is 63.8 Å². The van der Waals surface area contributed by atoms with Gasteiger partial charge >= 0.3 is 43.2 Å². The molecule has 0 spiro atoms. The van der Waals surface area contributed by atoms with Gasteiger partial charge < -0.3 is 9.47 Å². The highest BCUT2D eigenvalue weighted by Gasteiger charge is 2.64. The molecule has 10 aromatic carbocycles. The molecule has 0 amide bonds. The average Bonchev–Trinajstić information content (AvgIpc) is 0.738. The van der Waals surface area contributed by atoms with Crippen LogP contribution in [0.2, 0.25) is 0 Å². The Kier molecular flexibility index (Phi) is 26.4. The Hall–Kier alpha value is -8.42. The van der Waals surface area contributed by atoms with Crippen LogP contribution in [0, 0.1) is 0 Å². The summed E-state index contributed by atoms with van der Waals surface area (Å²) in [6.45, 7) is -3.74. The molecule has 1 aliphatic carbocycles. The average molecular weight is 1430 g/mol. The predicted molar refractivity (Wildman–Crippen MR) is 371 cm³/mol. The van der Waals surface area contributed by atoms with Crippen molar-refractivity contribution in [3.63, 3.8) is 0 Å². The largest absolute Gasteiger partial charge is 0.475 e. The molecule has 0 aliphatic heterocycles. The van der Waals surface area contributed by atoms with E-state index < -0.39 is 133 Å². The minimum Gasteiger partial charge on any atom is -0.453 e. The van der Waals surface area contributed by atoms with Crippen molar-refractivity contribution in [1.82, 2.24) is 0 Å². The molecular weight excluding hydrogens is 1360 g/mol. The lowest BCUT2D eigenvalue weighted by molar-refractivity contribution is -0.214. The first kappa shape index (κ1) is 72.8. The molecule has 11 rings (SSSR count). The summed E-state index contributed by atoms with van der Waals surface area (Å²) in [5.74, 6) is -2.30. The summed E-state index contributed by atoms with van der Waals surface area (Å²) < 4.78 is 158. The van der Waals surface area contributed by atoms with Crippen molar-refractivity contribution in [2.75, 3.05) is 0 Å². The smallest absolute Gasteiger partial charge is 0.453 e. The summed E-state index contributed by atoms with van der Waals surface area (Å²) in [7, 11) is -21.5. The Morgan fingerprint density at radius 1 is 0.210 bits per heavy atom. The second-order valence-corrected chi connectivity index (χ2v) is 29.1. The zero-order valence-corrected chi connectivity index (χ0v) is 57.5. The van der Waals surface area contributed by atoms with E-state index in [1.165, 1.54) is 24.3 Å². The molecule has 10 aromatic rings. The van der Waals surface area contributed by atoms with Gasteiger partial charge in [0, 0.05) is 0 Å². The lowest BCUT2D eigenvalue weighted by Gasteiger charge is -2.49. The summed E-state index contributed by atoms with van der Waals surface area (Å²) in [6.07, 6.45) is -14.4. The van der Waals surface area contributed by atoms with Crippen molar-refractivity contribution in [3.8, 4) is 0 Å². The van der Waals surface area contributed by atoms with E-state index in [1.54, 1.807) is 279 Å². The molecule has 516 valence electrons. The van der Waals surface area contributed by atoms with Crippen LogP contribution in [0.25, 0.3) is 0 Å². The van der Waals surface area contributed by atoms with Gasteiger partial charge in [-0.15, -0.1) is 0 Å². The Bertz CT molecular complexity index is 3960. The third-order valence-electron chi connectivity index (χ3n) is 15.3. The first-order valence-corrected chi connectivity index (χ1v) is 37.7. The molecule has 0 heterocycles. The SMILES string of the molecule is O=C(O[C@H]1C(OP(=O)(OCc2ccccc2)OCc2ccccc2)[C@H](OC(=O)c2ccccc2)[C@@H](OP(=O)(OCc2ccccc2)OCc2ccccc2)C(OP(=O)(OCc2ccccc2)OCc2ccccc2)[C@H]1OP(=O)(OCc1ccccc1)OCc1ccccc1)c1ccccc1. The number of rotatable bonds is 36. The molecule has 0 aromatic heterocycles. The molecule has 1 fully saturated rings. The molecule has 0 bridgehead atoms. The minimum absolute atomic E-state index is 0.0995. The molecule has 24 heteroatoms. The van der Waals surface area contributed by atoms with Gasteiger partial charge in [0.25, 0.3) is 0 Å². The van der Waals surface area contributed by atoms with E-state index in [0.717, 1.165) is 0 Å². The van der Waals surface area contributed by atoms with Gasteiger partial charge in [0.2, 0.25) is 0 Å². The van der Waals surface area contributed by atoms with Gasteiger partial charge in [-0.3, -0.25) is 54.3 Å². The lowest BCUT2D eigenvalue weighted by atomic mass is 9.84. The van der Waals surface area contributed by atoms with Gasteiger partial charge in [-0.25, -0.2) is 27.8 Å². The molecule has 0 saturated heterocycles. The standard InChI is InChI=1S/C76H72O20P4/c77-75(67-47-27-9-28-48-67)91-69-71(93-97(79,83-51-59-31-11-1-12-32-59)84-52-60-33-13-2-14-34-60)70(92-76(78)68-49-29-10-30-50-68)73(95-99(81,87-55-63-39-19-5-20-40-63)88-56-64-41-21-6-22-42-64)74(96-100(82,89-57-65-43-23-7-24-44-65)90-58-66-45-25-8-26-46-66)72(69)94-98(80,85-53-61-35-15-3-16-36-61)86-54-62-37-17-4-18-38-62/h1-50,69-74H,51-58H2/t69-,70-,71?,72-,73+,74?/m0/s1. The van der Waals surface area contributed by atoms with Crippen molar-refractivity contribution in [3.05, 3.63) is 359 Å². The normalized spacial score (nSPS) is 17.2. The number of carbonyl (C=O) groups excluding carboxylic acids is 2. The fraction of sp³-hybridized carbons (Fsp3) is 0.184. The van der Waals surface area contributed by atoms with Crippen LogP contribution in [0.3, 0.4) is 0 Å². The van der Waals surface area contributed by atoms with E-state index in [1.807, 2.05) is 0 Å². The molecular formula is C76H72O20P4. The van der Waals surface area contributed by atoms with Crippen LogP contribution in [-0.4, -0.2) is 48.6 Å². The second kappa shape index (κ2) is 36.3. The molecule has 1 aliphatic rings. The fourth-order valence-electron chi connectivity index (χ4n) is 10.2. The van der Waals surface area contributed by atoms with Gasteiger partial charge in [-0.05, 0) is 68.8 Å². The van der Waals surface area contributed by atoms with Crippen molar-refractivity contribution in [1.29, 1.82) is 0 Å². The lowest BCUT2D eigenvalue weighted by Crippen LogP contribution is -2.67. The third kappa shape index (κ3) is 21.8. The number of carbonyl (C=O) groups is 2. The second-order valence-electron chi connectivity index (χ2n) is 22.6. The number of benzene rings is 10. The van der Waals surface area contributed by atoms with Crippen LogP contribution in [0.5, 0.6) is 0 Å². The van der Waals surface area contributed by atoms with Crippen LogP contribution in [0.1, 0.15) is 65.2 Å². The quantitative estimate of drug-likeness (QED) is 0.0262. The van der Waals surface area contributed by atoms with Crippen molar-refractivity contribution >= 4 is 43.2 Å². The Morgan fingerprint density at radius 3 is 0.520 bits per heavy atom. The highest BCUT2D eigenvalue weighted by atomic mass is 31.2. The summed E-state index contributed by atoms with van der Waals surface area (Å²) in [4.78, 5) is 30.8. The number of phosphoric acid groups is 4. The zero-order chi connectivity index (χ0) is 69.3. The summed E-state index contributed by atoms with van der Waals surface area (Å²) in [5, 5.41) is 0. The molecule has 2 unspecified atom stereocenters. The Balaban J connectivity index is 1.17. The first-order valence-electron chi connectivity index (χ1n) is 31.9. The highest BCUT2D eigenvalue weighted by Crippen LogP contribution is 2.63. The monoisotopic (exact) mass is 1430 g/mol. The van der Waals surface area contributed by atoms with E-state index in [0.29, 0.717) is 44.5 Å². The molecule has 20 nitrogen and oxygen atoms in total. The Morgan fingerprint density at radius 2 is 0.350 bits per heavy atom. The third-order valence-corrected chi connectivity index (χ3v) is 20.9. The van der Waals surface area contributed by atoms with Crippen LogP contribution >= 0.6 is 31.3 Å². The van der Waals surface area contributed by atoms with E-state index in [9.17, 15) is 0 Å². The fourth-order valence-corrected chi connectivity index (χ4v) is 15.6. The zero-order valence-electron chi connectivity index (χ0n) is 53.9. The van der Waals surface area contributed by atoms with E-state index >= 15 is 27.8 Å². The number of hydrogen-bond donors (Lipinski definition) is 0. The van der Waals surface area contributed by atoms with Gasteiger partial charge in [-0.2, -0.15) is 0 Å². The van der Waals surface area contributed by atoms with Crippen LogP contribution in [-0.2, 0) is 135 Å². The summed E-state index contributed by atoms with van der Waals surface area (Å²) >= 11 is 0. The molecule has 100 heavy (non-hydrogen) atoms. The molecule has 6 atom stereocenters. The number of phosphoric ester groups is 4. The first-order chi connectivity index (χ1) is 48.8. The Labute approximate surface area is 580 Å². The van der Waals surface area contributed by atoms with Crippen molar-refractivity contribution < 1.29 is 91.6 Å². The highest BCUT2D eigenvalue weighted by molar-refractivity contribution is 7.49. The van der Waals surface area contributed by atoms with Crippen molar-refractivity contribution in [2.24, 2.45) is 0 Å². The molecule has 0 radical (unpaired) electrons. The number of hydrogen-bond acceptors (Lipinski definition) is 20. The van der Waals surface area contributed by atoms with Crippen LogP contribution < -0.4 is 0 Å². The van der Waals surface area contributed by atoms with Crippen molar-refractivity contribution in [2.45, 2.75) is 89.5 Å². The summed E-state index contributed by atoms with van der Waals surface area (Å²) in [6, 6.07) is 83.8. The van der Waals surface area contributed by atoms with E-state index in [-0.39, 0.29) is 11.1 Å². The van der Waals surface area contributed by atoms with Gasteiger partial charge in [0.05, 0.1) is 64.0 Å². The number of ether oxygens (including phenoxy) is 2. The summed E-state index contributed by atoms with van der Waals surface area (Å²) in [5.41, 5.74) is 3.60. The topological polar surface area (TPSA) is 232 Å². The maximum Gasteiger partial charge on any atom is 0.475 e. The maximum absolute atomic E-state index is 16.6. The molecule has 1 saturated carbocycles. The number of esters is 2. The van der Waals surface area contributed by atoms with E-state index in [2.05, 4.69) is 0 Å². The predicted octanol–water partition coefficient (Wildman–Crippen LogP) is 18.2. The van der Waals surface area contributed by atoms with Crippen LogP contribution in [0.4, 0.5) is 0 Å². The van der Waals surface area contributed by atoms with Crippen LogP contribution in [0.15, 0.2) is 303 Å². The maximum atomic E-state index is 16.6. The van der Waals surface area contributed by atoms with Gasteiger partial charge in [0.15, 0.2) is 12.2 Å².